The molecular weight excluding hydrogens is 431 g/mol. The molecule has 0 aliphatic heterocycles. The minimum atomic E-state index is -0.158. The number of phenolic OH excluding ortho intramolecular Hbond substituents is 1. The van der Waals surface area contributed by atoms with Crippen molar-refractivity contribution in [3.8, 4) is 39.7 Å². The van der Waals surface area contributed by atoms with E-state index in [1.165, 1.54) is 0 Å². The Balaban J connectivity index is 1.93. The van der Waals surface area contributed by atoms with Crippen LogP contribution in [-0.2, 0) is 5.41 Å². The van der Waals surface area contributed by atoms with Crippen LogP contribution in [0.2, 0.25) is 10.0 Å². The average molecular weight is 453 g/mol. The van der Waals surface area contributed by atoms with E-state index in [2.05, 4.69) is 30.9 Å². The summed E-state index contributed by atoms with van der Waals surface area (Å²) in [5.41, 5.74) is 4.56. The van der Waals surface area contributed by atoms with E-state index < -0.39 is 0 Å². The number of aryl methyl sites for hydroxylation is 1. The van der Waals surface area contributed by atoms with Gasteiger partial charge in [0.15, 0.2) is 0 Å². The van der Waals surface area contributed by atoms with Gasteiger partial charge >= 0.3 is 0 Å². The molecule has 3 aromatic carbocycles. The van der Waals surface area contributed by atoms with Crippen LogP contribution in [0, 0.1) is 6.92 Å². The Labute approximate surface area is 191 Å². The first-order valence-electron chi connectivity index (χ1n) is 9.89. The predicted molar refractivity (Wildman–Crippen MR) is 126 cm³/mol. The van der Waals surface area contributed by atoms with Crippen molar-refractivity contribution in [2.75, 3.05) is 0 Å². The van der Waals surface area contributed by atoms with E-state index in [1.807, 2.05) is 43.3 Å². The number of halogens is 2. The highest BCUT2D eigenvalue weighted by Crippen LogP contribution is 2.43. The van der Waals surface area contributed by atoms with E-state index in [4.69, 9.17) is 27.7 Å². The Hall–Kier alpha value is -2.82. The molecule has 1 heterocycles. The quantitative estimate of drug-likeness (QED) is 0.346. The monoisotopic (exact) mass is 452 g/mol. The molecule has 0 amide bonds. The number of aromatic nitrogens is 2. The summed E-state index contributed by atoms with van der Waals surface area (Å²) in [6.07, 6.45) is 0. The lowest BCUT2D eigenvalue weighted by molar-refractivity contribution is 0.425. The van der Waals surface area contributed by atoms with Crippen molar-refractivity contribution in [1.82, 2.24) is 10.1 Å². The van der Waals surface area contributed by atoms with Crippen LogP contribution < -0.4 is 0 Å². The maximum Gasteiger partial charge on any atom is 0.262 e. The number of aromatic hydroxyl groups is 1. The van der Waals surface area contributed by atoms with Gasteiger partial charge in [0.2, 0.25) is 5.82 Å². The SMILES string of the molecule is Cc1ccccc1-c1cc(C(C)(C)C)cc(-c2nc(-c3c(Cl)cccc3Cl)no2)c1O. The summed E-state index contributed by atoms with van der Waals surface area (Å²) in [5, 5.41) is 16.1. The number of rotatable bonds is 3. The van der Waals surface area contributed by atoms with E-state index in [1.54, 1.807) is 18.2 Å². The molecule has 1 aromatic heterocycles. The lowest BCUT2D eigenvalue weighted by Crippen LogP contribution is -2.11. The summed E-state index contributed by atoms with van der Waals surface area (Å²) < 4.78 is 5.55. The van der Waals surface area contributed by atoms with Gasteiger partial charge in [-0.3, -0.25) is 0 Å². The molecule has 0 bridgehead atoms. The molecule has 1 N–H and O–H groups in total. The van der Waals surface area contributed by atoms with E-state index >= 15 is 0 Å². The second kappa shape index (κ2) is 8.03. The highest BCUT2D eigenvalue weighted by Gasteiger charge is 2.24. The summed E-state index contributed by atoms with van der Waals surface area (Å²) in [6.45, 7) is 8.37. The predicted octanol–water partition coefficient (Wildman–Crippen LogP) is 7.69. The number of benzene rings is 3. The summed E-state index contributed by atoms with van der Waals surface area (Å²) in [5.74, 6) is 0.552. The molecule has 4 rings (SSSR count). The van der Waals surface area contributed by atoms with Crippen LogP contribution in [0.25, 0.3) is 34.0 Å². The van der Waals surface area contributed by atoms with E-state index in [-0.39, 0.29) is 22.9 Å². The Morgan fingerprint density at radius 1 is 0.871 bits per heavy atom. The van der Waals surface area contributed by atoms with E-state index in [0.717, 1.165) is 22.3 Å². The third kappa shape index (κ3) is 4.06. The molecule has 6 heteroatoms. The molecule has 0 aliphatic carbocycles. The molecule has 4 aromatic rings. The lowest BCUT2D eigenvalue weighted by atomic mass is 9.83. The van der Waals surface area contributed by atoms with Crippen LogP contribution in [0.3, 0.4) is 0 Å². The van der Waals surface area contributed by atoms with Crippen molar-refractivity contribution in [2.45, 2.75) is 33.1 Å². The van der Waals surface area contributed by atoms with Crippen molar-refractivity contribution in [3.63, 3.8) is 0 Å². The van der Waals surface area contributed by atoms with Gasteiger partial charge in [-0.05, 0) is 53.3 Å². The molecule has 0 unspecified atom stereocenters. The first-order valence-corrected chi connectivity index (χ1v) is 10.6. The molecule has 4 nitrogen and oxygen atoms in total. The number of hydrogen-bond donors (Lipinski definition) is 1. The first-order chi connectivity index (χ1) is 14.7. The van der Waals surface area contributed by atoms with Gasteiger partial charge in [-0.25, -0.2) is 0 Å². The van der Waals surface area contributed by atoms with Gasteiger partial charge in [0.25, 0.3) is 5.89 Å². The highest BCUT2D eigenvalue weighted by molar-refractivity contribution is 6.38. The number of phenols is 1. The Kier molecular flexibility index (Phi) is 5.54. The van der Waals surface area contributed by atoms with Crippen molar-refractivity contribution in [3.05, 3.63) is 75.8 Å². The van der Waals surface area contributed by atoms with Crippen LogP contribution in [0.4, 0.5) is 0 Å². The third-order valence-electron chi connectivity index (χ3n) is 5.25. The average Bonchev–Trinajstić information content (AvgIpc) is 3.17. The summed E-state index contributed by atoms with van der Waals surface area (Å²) in [7, 11) is 0. The molecule has 0 saturated carbocycles. The van der Waals surface area contributed by atoms with Gasteiger partial charge in [0, 0.05) is 5.56 Å². The van der Waals surface area contributed by atoms with Crippen molar-refractivity contribution < 1.29 is 9.63 Å². The largest absolute Gasteiger partial charge is 0.506 e. The zero-order valence-corrected chi connectivity index (χ0v) is 19.2. The fraction of sp³-hybridized carbons (Fsp3) is 0.200. The summed E-state index contributed by atoms with van der Waals surface area (Å²) in [4.78, 5) is 4.51. The van der Waals surface area contributed by atoms with Crippen LogP contribution in [-0.4, -0.2) is 15.2 Å². The van der Waals surface area contributed by atoms with Crippen molar-refractivity contribution >= 4 is 23.2 Å². The Morgan fingerprint density at radius 3 is 2.16 bits per heavy atom. The van der Waals surface area contributed by atoms with Crippen LogP contribution in [0.5, 0.6) is 5.75 Å². The smallest absolute Gasteiger partial charge is 0.262 e. The van der Waals surface area contributed by atoms with Crippen molar-refractivity contribution in [1.29, 1.82) is 0 Å². The van der Waals surface area contributed by atoms with Gasteiger partial charge in [-0.1, -0.05) is 79.5 Å². The molecule has 31 heavy (non-hydrogen) atoms. The van der Waals surface area contributed by atoms with Gasteiger partial charge < -0.3 is 9.63 Å². The summed E-state index contributed by atoms with van der Waals surface area (Å²) >= 11 is 12.6. The maximum atomic E-state index is 11.2. The van der Waals surface area contributed by atoms with Gasteiger partial charge in [-0.2, -0.15) is 4.98 Å². The third-order valence-corrected chi connectivity index (χ3v) is 5.88. The topological polar surface area (TPSA) is 59.2 Å². The molecule has 0 fully saturated rings. The molecule has 0 spiro atoms. The summed E-state index contributed by atoms with van der Waals surface area (Å²) in [6, 6.07) is 17.0. The van der Waals surface area contributed by atoms with Gasteiger partial charge in [0.1, 0.15) is 5.75 Å². The molecule has 158 valence electrons. The number of hydrogen-bond acceptors (Lipinski definition) is 4. The van der Waals surface area contributed by atoms with Crippen LogP contribution >= 0.6 is 23.2 Å². The zero-order valence-electron chi connectivity index (χ0n) is 17.7. The highest BCUT2D eigenvalue weighted by atomic mass is 35.5. The first kappa shape index (κ1) is 21.4. The standard InChI is InChI=1S/C25H22Cl2N2O2/c1-14-8-5-6-9-16(14)17-12-15(25(2,3)4)13-18(22(17)30)24-28-23(29-31-24)21-19(26)10-7-11-20(21)27/h5-13,30H,1-4H3. The fourth-order valence-electron chi connectivity index (χ4n) is 3.46. The van der Waals surface area contributed by atoms with Crippen LogP contribution in [0.1, 0.15) is 31.9 Å². The second-order valence-electron chi connectivity index (χ2n) is 8.50. The molecule has 0 radical (unpaired) electrons. The second-order valence-corrected chi connectivity index (χ2v) is 9.32. The van der Waals surface area contributed by atoms with Gasteiger partial charge in [-0.15, -0.1) is 0 Å². The molecule has 0 aliphatic rings. The molecular formula is C25H22Cl2N2O2. The zero-order chi connectivity index (χ0) is 22.3. The van der Waals surface area contributed by atoms with Crippen LogP contribution in [0.15, 0.2) is 59.1 Å². The minimum Gasteiger partial charge on any atom is -0.506 e. The van der Waals surface area contributed by atoms with E-state index in [9.17, 15) is 5.11 Å². The maximum absolute atomic E-state index is 11.2. The van der Waals surface area contributed by atoms with Gasteiger partial charge in [0.05, 0.1) is 21.2 Å². The Bertz CT molecular complexity index is 1250. The van der Waals surface area contributed by atoms with Crippen molar-refractivity contribution in [2.24, 2.45) is 0 Å². The minimum absolute atomic E-state index is 0.0859. The Morgan fingerprint density at radius 2 is 1.52 bits per heavy atom. The normalized spacial score (nSPS) is 11.7. The number of nitrogens with zero attached hydrogens (tertiary/aromatic N) is 2. The molecule has 0 saturated heterocycles. The molecule has 0 atom stereocenters. The van der Waals surface area contributed by atoms with E-state index in [0.29, 0.717) is 21.2 Å². The fourth-order valence-corrected chi connectivity index (χ4v) is 4.02. The lowest BCUT2D eigenvalue weighted by Gasteiger charge is -2.22.